The summed E-state index contributed by atoms with van der Waals surface area (Å²) in [6, 6.07) is 0.369. The monoisotopic (exact) mass is 250 g/mol. The maximum Gasteiger partial charge on any atom is 0.137 e. The molecule has 0 radical (unpaired) electrons. The fraction of sp³-hybridized carbons (Fsp3) is 0.692. The number of rotatable bonds is 2. The van der Waals surface area contributed by atoms with Gasteiger partial charge in [-0.15, -0.1) is 0 Å². The maximum absolute atomic E-state index is 5.94. The SMILES string of the molecule is CCC1COC(C)CN1c1nc(C)nc(N)c1C. The summed E-state index contributed by atoms with van der Waals surface area (Å²) in [5.41, 5.74) is 6.91. The molecule has 0 bridgehead atoms. The molecule has 2 atom stereocenters. The molecular formula is C13H22N4O. The van der Waals surface area contributed by atoms with Crippen molar-refractivity contribution in [2.24, 2.45) is 0 Å². The number of aryl methyl sites for hydroxylation is 1. The molecular weight excluding hydrogens is 228 g/mol. The summed E-state index contributed by atoms with van der Waals surface area (Å²) in [6.07, 6.45) is 1.26. The van der Waals surface area contributed by atoms with E-state index in [2.05, 4.69) is 28.7 Å². The lowest BCUT2D eigenvalue weighted by atomic mass is 10.1. The number of nitrogens with zero attached hydrogens (tertiary/aromatic N) is 3. The Labute approximate surface area is 108 Å². The Morgan fingerprint density at radius 2 is 2.11 bits per heavy atom. The lowest BCUT2D eigenvalue weighted by Crippen LogP contribution is -2.49. The molecule has 100 valence electrons. The van der Waals surface area contributed by atoms with Crippen LogP contribution in [0.4, 0.5) is 11.6 Å². The van der Waals surface area contributed by atoms with Crippen molar-refractivity contribution in [2.45, 2.75) is 46.3 Å². The molecule has 2 heterocycles. The van der Waals surface area contributed by atoms with E-state index in [-0.39, 0.29) is 6.10 Å². The summed E-state index contributed by atoms with van der Waals surface area (Å²) in [4.78, 5) is 11.1. The van der Waals surface area contributed by atoms with Crippen LogP contribution < -0.4 is 10.6 Å². The Bertz CT molecular complexity index is 435. The van der Waals surface area contributed by atoms with E-state index in [9.17, 15) is 0 Å². The van der Waals surface area contributed by atoms with Crippen LogP contribution in [-0.2, 0) is 4.74 Å². The van der Waals surface area contributed by atoms with Crippen LogP contribution in [-0.4, -0.2) is 35.3 Å². The van der Waals surface area contributed by atoms with E-state index >= 15 is 0 Å². The Morgan fingerprint density at radius 1 is 1.39 bits per heavy atom. The molecule has 0 aliphatic carbocycles. The third-order valence-electron chi connectivity index (χ3n) is 3.48. The van der Waals surface area contributed by atoms with E-state index in [1.165, 1.54) is 0 Å². The van der Waals surface area contributed by atoms with Crippen LogP contribution in [0.1, 0.15) is 31.7 Å². The first-order chi connectivity index (χ1) is 8.52. The van der Waals surface area contributed by atoms with Crippen LogP contribution in [0.2, 0.25) is 0 Å². The van der Waals surface area contributed by atoms with Gasteiger partial charge in [-0.3, -0.25) is 0 Å². The Morgan fingerprint density at radius 3 is 2.78 bits per heavy atom. The number of nitrogen functional groups attached to an aromatic ring is 1. The minimum atomic E-state index is 0.226. The van der Waals surface area contributed by atoms with Crippen molar-refractivity contribution in [2.75, 3.05) is 23.8 Å². The molecule has 2 N–H and O–H groups in total. The second-order valence-corrected chi connectivity index (χ2v) is 4.96. The van der Waals surface area contributed by atoms with Gasteiger partial charge >= 0.3 is 0 Å². The van der Waals surface area contributed by atoms with Crippen LogP contribution in [0, 0.1) is 13.8 Å². The zero-order valence-electron chi connectivity index (χ0n) is 11.6. The predicted molar refractivity (Wildman–Crippen MR) is 72.8 cm³/mol. The summed E-state index contributed by atoms with van der Waals surface area (Å²) in [7, 11) is 0. The summed E-state index contributed by atoms with van der Waals surface area (Å²) < 4.78 is 5.72. The Hall–Kier alpha value is -1.36. The summed E-state index contributed by atoms with van der Waals surface area (Å²) in [6.45, 7) is 9.73. The molecule has 0 aromatic carbocycles. The van der Waals surface area contributed by atoms with Gasteiger partial charge in [0.05, 0.1) is 18.8 Å². The van der Waals surface area contributed by atoms with Gasteiger partial charge < -0.3 is 15.4 Å². The minimum Gasteiger partial charge on any atom is -0.383 e. The molecule has 18 heavy (non-hydrogen) atoms. The standard InChI is InChI=1S/C13H22N4O/c1-5-11-7-18-8(2)6-17(11)13-9(3)12(14)15-10(4)16-13/h8,11H,5-7H2,1-4H3,(H2,14,15,16). The van der Waals surface area contributed by atoms with Crippen LogP contribution in [0.5, 0.6) is 0 Å². The largest absolute Gasteiger partial charge is 0.383 e. The number of nitrogens with two attached hydrogens (primary N) is 1. The highest BCUT2D eigenvalue weighted by molar-refractivity contribution is 5.57. The highest BCUT2D eigenvalue weighted by atomic mass is 16.5. The number of hydrogen-bond acceptors (Lipinski definition) is 5. The molecule has 1 aliphatic heterocycles. The first kappa shape index (κ1) is 13.1. The maximum atomic E-state index is 5.94. The van der Waals surface area contributed by atoms with Crippen LogP contribution in [0.25, 0.3) is 0 Å². The smallest absolute Gasteiger partial charge is 0.137 e. The topological polar surface area (TPSA) is 64.3 Å². The molecule has 0 amide bonds. The first-order valence-electron chi connectivity index (χ1n) is 6.51. The highest BCUT2D eigenvalue weighted by Gasteiger charge is 2.28. The van der Waals surface area contributed by atoms with Crippen molar-refractivity contribution < 1.29 is 4.74 Å². The molecule has 1 aromatic rings. The predicted octanol–water partition coefficient (Wildman–Crippen LogP) is 1.68. The van der Waals surface area contributed by atoms with Crippen molar-refractivity contribution in [3.05, 3.63) is 11.4 Å². The fourth-order valence-corrected chi connectivity index (χ4v) is 2.36. The lowest BCUT2D eigenvalue weighted by Gasteiger charge is -2.39. The van der Waals surface area contributed by atoms with Gasteiger partial charge in [-0.2, -0.15) is 0 Å². The molecule has 5 heteroatoms. The number of aromatic nitrogens is 2. The van der Waals surface area contributed by atoms with Crippen molar-refractivity contribution in [1.82, 2.24) is 9.97 Å². The van der Waals surface area contributed by atoms with Crippen LogP contribution >= 0.6 is 0 Å². The molecule has 1 aromatic heterocycles. The molecule has 5 nitrogen and oxygen atoms in total. The zero-order valence-corrected chi connectivity index (χ0v) is 11.6. The average Bonchev–Trinajstić information content (AvgIpc) is 2.33. The van der Waals surface area contributed by atoms with E-state index in [4.69, 9.17) is 10.5 Å². The molecule has 1 saturated heterocycles. The van der Waals surface area contributed by atoms with Gasteiger partial charge in [-0.25, -0.2) is 9.97 Å². The summed E-state index contributed by atoms with van der Waals surface area (Å²) >= 11 is 0. The minimum absolute atomic E-state index is 0.226. The van der Waals surface area contributed by atoms with Gasteiger partial charge in [0.2, 0.25) is 0 Å². The molecule has 1 fully saturated rings. The van der Waals surface area contributed by atoms with E-state index in [1.807, 2.05) is 13.8 Å². The van der Waals surface area contributed by atoms with Crippen molar-refractivity contribution in [3.63, 3.8) is 0 Å². The summed E-state index contributed by atoms with van der Waals surface area (Å²) in [5, 5.41) is 0. The average molecular weight is 250 g/mol. The zero-order chi connectivity index (χ0) is 13.3. The quantitative estimate of drug-likeness (QED) is 0.865. The first-order valence-corrected chi connectivity index (χ1v) is 6.51. The molecule has 0 saturated carbocycles. The Kier molecular flexibility index (Phi) is 3.71. The van der Waals surface area contributed by atoms with Crippen molar-refractivity contribution in [3.8, 4) is 0 Å². The summed E-state index contributed by atoms with van der Waals surface area (Å²) in [5.74, 6) is 2.26. The lowest BCUT2D eigenvalue weighted by molar-refractivity contribution is 0.0295. The van der Waals surface area contributed by atoms with Gasteiger partial charge in [0.15, 0.2) is 0 Å². The normalized spacial score (nSPS) is 24.3. The van der Waals surface area contributed by atoms with Crippen LogP contribution in [0.3, 0.4) is 0 Å². The van der Waals surface area contributed by atoms with Crippen molar-refractivity contribution in [1.29, 1.82) is 0 Å². The number of hydrogen-bond donors (Lipinski definition) is 1. The van der Waals surface area contributed by atoms with Gasteiger partial charge in [0.1, 0.15) is 17.5 Å². The Balaban J connectivity index is 2.38. The van der Waals surface area contributed by atoms with Crippen LogP contribution in [0.15, 0.2) is 0 Å². The van der Waals surface area contributed by atoms with E-state index in [0.717, 1.165) is 36.8 Å². The molecule has 0 spiro atoms. The van der Waals surface area contributed by atoms with E-state index in [1.54, 1.807) is 0 Å². The van der Waals surface area contributed by atoms with Gasteiger partial charge in [-0.1, -0.05) is 6.92 Å². The third-order valence-corrected chi connectivity index (χ3v) is 3.48. The van der Waals surface area contributed by atoms with Gasteiger partial charge in [-0.05, 0) is 27.2 Å². The van der Waals surface area contributed by atoms with Crippen molar-refractivity contribution >= 4 is 11.6 Å². The second kappa shape index (κ2) is 5.10. The molecule has 2 rings (SSSR count). The van der Waals surface area contributed by atoms with Gasteiger partial charge in [0, 0.05) is 12.1 Å². The fourth-order valence-electron chi connectivity index (χ4n) is 2.36. The third kappa shape index (κ3) is 2.41. The van der Waals surface area contributed by atoms with E-state index in [0.29, 0.717) is 11.9 Å². The van der Waals surface area contributed by atoms with E-state index < -0.39 is 0 Å². The number of anilines is 2. The number of ether oxygens (including phenoxy) is 1. The highest BCUT2D eigenvalue weighted by Crippen LogP contribution is 2.27. The number of morpholine rings is 1. The molecule has 2 unspecified atom stereocenters. The second-order valence-electron chi connectivity index (χ2n) is 4.96. The van der Waals surface area contributed by atoms with Gasteiger partial charge in [0.25, 0.3) is 0 Å². The molecule has 1 aliphatic rings.